The van der Waals surface area contributed by atoms with Crippen LogP contribution in [-0.4, -0.2) is 21.3 Å². The molecule has 0 saturated carbocycles. The number of halogens is 1. The molecule has 0 radical (unpaired) electrons. The number of ketones is 1. The van der Waals surface area contributed by atoms with E-state index in [2.05, 4.69) is 4.72 Å². The van der Waals surface area contributed by atoms with Gasteiger partial charge in [0.2, 0.25) is 15.8 Å². The Morgan fingerprint density at radius 1 is 1.19 bits per heavy atom. The molecule has 0 fully saturated rings. The molecule has 136 valence electrons. The first kappa shape index (κ1) is 19.1. The van der Waals surface area contributed by atoms with Crippen LogP contribution < -0.4 is 9.46 Å². The molecule has 0 aliphatic heterocycles. The molecule has 2 heterocycles. The molecule has 0 bridgehead atoms. The minimum absolute atomic E-state index is 0.0288. The van der Waals surface area contributed by atoms with Crippen LogP contribution in [0.15, 0.2) is 52.7 Å². The van der Waals surface area contributed by atoms with Crippen LogP contribution in [0.3, 0.4) is 0 Å². The van der Waals surface area contributed by atoms with Crippen molar-refractivity contribution >= 4 is 50.1 Å². The standard InChI is InChI=1S/C17H14ClNO4S3/c1-23-13-6-4-11(18)9-16(13)26(21,22)19-10-12-5-7-15(25-12)17(20)14-3-2-8-24-14/h2-9,19H,10H2,1H3. The summed E-state index contributed by atoms with van der Waals surface area (Å²) in [6.45, 7) is 0.0698. The fourth-order valence-electron chi connectivity index (χ4n) is 2.23. The normalized spacial score (nSPS) is 11.5. The first-order chi connectivity index (χ1) is 12.4. The molecule has 3 rings (SSSR count). The van der Waals surface area contributed by atoms with Crippen LogP contribution in [0.2, 0.25) is 5.02 Å². The second-order valence-corrected chi connectivity index (χ2v) is 9.48. The fraction of sp³-hybridized carbons (Fsp3) is 0.118. The van der Waals surface area contributed by atoms with E-state index in [1.165, 1.54) is 41.9 Å². The Morgan fingerprint density at radius 3 is 2.69 bits per heavy atom. The van der Waals surface area contributed by atoms with Crippen molar-refractivity contribution in [1.82, 2.24) is 4.72 Å². The maximum absolute atomic E-state index is 12.6. The summed E-state index contributed by atoms with van der Waals surface area (Å²) >= 11 is 8.54. The molecule has 5 nitrogen and oxygen atoms in total. The lowest BCUT2D eigenvalue weighted by Gasteiger charge is -2.10. The van der Waals surface area contributed by atoms with Crippen molar-refractivity contribution in [3.8, 4) is 5.75 Å². The van der Waals surface area contributed by atoms with Gasteiger partial charge in [-0.15, -0.1) is 22.7 Å². The van der Waals surface area contributed by atoms with Gasteiger partial charge in [-0.3, -0.25) is 4.79 Å². The summed E-state index contributed by atoms with van der Waals surface area (Å²) in [5.41, 5.74) is 0. The first-order valence-electron chi connectivity index (χ1n) is 7.41. The van der Waals surface area contributed by atoms with Crippen LogP contribution in [0.25, 0.3) is 0 Å². The van der Waals surface area contributed by atoms with E-state index in [9.17, 15) is 13.2 Å². The van der Waals surface area contributed by atoms with Crippen LogP contribution in [0.1, 0.15) is 19.4 Å². The van der Waals surface area contributed by atoms with Gasteiger partial charge in [0, 0.05) is 16.4 Å². The lowest BCUT2D eigenvalue weighted by atomic mass is 10.3. The summed E-state index contributed by atoms with van der Waals surface area (Å²) in [6, 6.07) is 11.4. The molecule has 0 saturated heterocycles. The number of benzene rings is 1. The molecule has 0 spiro atoms. The Hall–Kier alpha value is -1.71. The number of rotatable bonds is 7. The van der Waals surface area contributed by atoms with Gasteiger partial charge in [0.25, 0.3) is 0 Å². The quantitative estimate of drug-likeness (QED) is 0.574. The van der Waals surface area contributed by atoms with E-state index >= 15 is 0 Å². The highest BCUT2D eigenvalue weighted by atomic mass is 35.5. The zero-order chi connectivity index (χ0) is 18.7. The highest BCUT2D eigenvalue weighted by molar-refractivity contribution is 7.89. The average Bonchev–Trinajstić information content (AvgIpc) is 3.31. The molecular weight excluding hydrogens is 414 g/mol. The van der Waals surface area contributed by atoms with E-state index in [1.807, 2.05) is 11.4 Å². The lowest BCUT2D eigenvalue weighted by molar-refractivity contribution is 0.104. The van der Waals surface area contributed by atoms with E-state index in [1.54, 1.807) is 24.3 Å². The minimum Gasteiger partial charge on any atom is -0.495 e. The summed E-state index contributed by atoms with van der Waals surface area (Å²) < 4.78 is 32.7. The number of carbonyl (C=O) groups excluding carboxylic acids is 1. The molecule has 0 aliphatic carbocycles. The highest BCUT2D eigenvalue weighted by Crippen LogP contribution is 2.28. The maximum Gasteiger partial charge on any atom is 0.244 e. The van der Waals surface area contributed by atoms with Crippen molar-refractivity contribution in [3.05, 3.63) is 67.5 Å². The van der Waals surface area contributed by atoms with E-state index < -0.39 is 10.0 Å². The molecule has 0 amide bonds. The third-order valence-corrected chi connectivity index (χ3v) is 7.09. The predicted molar refractivity (Wildman–Crippen MR) is 104 cm³/mol. The third-order valence-electron chi connectivity index (χ3n) is 3.48. The second kappa shape index (κ2) is 7.89. The zero-order valence-electron chi connectivity index (χ0n) is 13.6. The SMILES string of the molecule is COc1ccc(Cl)cc1S(=O)(=O)NCc1ccc(C(=O)c2cccs2)s1. The molecule has 0 atom stereocenters. The zero-order valence-corrected chi connectivity index (χ0v) is 16.8. The smallest absolute Gasteiger partial charge is 0.244 e. The second-order valence-electron chi connectivity index (χ2n) is 5.19. The molecule has 1 aromatic carbocycles. The van der Waals surface area contributed by atoms with Crippen LogP contribution >= 0.6 is 34.3 Å². The van der Waals surface area contributed by atoms with Crippen molar-refractivity contribution < 1.29 is 17.9 Å². The monoisotopic (exact) mass is 427 g/mol. The molecule has 1 N–H and O–H groups in total. The number of methoxy groups -OCH3 is 1. The molecule has 2 aromatic heterocycles. The van der Waals surface area contributed by atoms with Gasteiger partial charge in [-0.05, 0) is 41.8 Å². The summed E-state index contributed by atoms with van der Waals surface area (Å²) in [4.78, 5) is 14.2. The Morgan fingerprint density at radius 2 is 2.00 bits per heavy atom. The van der Waals surface area contributed by atoms with E-state index in [0.29, 0.717) is 14.8 Å². The van der Waals surface area contributed by atoms with Crippen molar-refractivity contribution in [2.75, 3.05) is 7.11 Å². The summed E-state index contributed by atoms with van der Waals surface area (Å²) in [7, 11) is -2.42. The number of hydrogen-bond acceptors (Lipinski definition) is 6. The molecule has 0 aliphatic rings. The number of sulfonamides is 1. The van der Waals surface area contributed by atoms with Crippen LogP contribution in [0.5, 0.6) is 5.75 Å². The Balaban J connectivity index is 1.75. The predicted octanol–water partition coefficient (Wildman–Crippen LogP) is 4.18. The molecular formula is C17H14ClNO4S3. The summed E-state index contributed by atoms with van der Waals surface area (Å²) in [6.07, 6.45) is 0. The first-order valence-corrected chi connectivity index (χ1v) is 11.0. The van der Waals surface area contributed by atoms with Gasteiger partial charge < -0.3 is 4.74 Å². The lowest BCUT2D eigenvalue weighted by Crippen LogP contribution is -2.23. The minimum atomic E-state index is -3.81. The van der Waals surface area contributed by atoms with Gasteiger partial charge in [0.1, 0.15) is 10.6 Å². The topological polar surface area (TPSA) is 72.5 Å². The molecule has 26 heavy (non-hydrogen) atoms. The Labute approximate surface area is 164 Å². The van der Waals surface area contributed by atoms with Gasteiger partial charge in [0.15, 0.2) is 0 Å². The van der Waals surface area contributed by atoms with Crippen LogP contribution in [-0.2, 0) is 16.6 Å². The van der Waals surface area contributed by atoms with Gasteiger partial charge in [0.05, 0.1) is 16.9 Å². The van der Waals surface area contributed by atoms with Crippen molar-refractivity contribution in [1.29, 1.82) is 0 Å². The molecule has 0 unspecified atom stereocenters. The number of carbonyl (C=O) groups is 1. The number of nitrogens with one attached hydrogen (secondary N) is 1. The number of hydrogen-bond donors (Lipinski definition) is 1. The summed E-state index contributed by atoms with van der Waals surface area (Å²) in [5.74, 6) is 0.150. The fourth-order valence-corrected chi connectivity index (χ4v) is 5.40. The molecule has 3 aromatic rings. The van der Waals surface area contributed by atoms with E-state index in [4.69, 9.17) is 16.3 Å². The van der Waals surface area contributed by atoms with Crippen LogP contribution in [0, 0.1) is 0 Å². The van der Waals surface area contributed by atoms with Crippen molar-refractivity contribution in [2.45, 2.75) is 11.4 Å². The number of thiophene rings is 2. The maximum atomic E-state index is 12.6. The van der Waals surface area contributed by atoms with Gasteiger partial charge in [-0.1, -0.05) is 17.7 Å². The average molecular weight is 428 g/mol. The van der Waals surface area contributed by atoms with Crippen molar-refractivity contribution in [3.63, 3.8) is 0 Å². The van der Waals surface area contributed by atoms with Gasteiger partial charge in [-0.25, -0.2) is 13.1 Å². The van der Waals surface area contributed by atoms with E-state index in [0.717, 1.165) is 4.88 Å². The largest absolute Gasteiger partial charge is 0.495 e. The van der Waals surface area contributed by atoms with Crippen molar-refractivity contribution in [2.24, 2.45) is 0 Å². The third kappa shape index (κ3) is 4.16. The molecule has 9 heteroatoms. The Kier molecular flexibility index (Phi) is 5.79. The highest BCUT2D eigenvalue weighted by Gasteiger charge is 2.20. The van der Waals surface area contributed by atoms with E-state index in [-0.39, 0.29) is 23.0 Å². The Bertz CT molecular complexity index is 1030. The number of ether oxygens (including phenoxy) is 1. The van der Waals surface area contributed by atoms with Gasteiger partial charge in [-0.2, -0.15) is 0 Å². The van der Waals surface area contributed by atoms with Crippen LogP contribution in [0.4, 0.5) is 0 Å². The van der Waals surface area contributed by atoms with Gasteiger partial charge >= 0.3 is 0 Å². The summed E-state index contributed by atoms with van der Waals surface area (Å²) in [5, 5.41) is 2.14.